The summed E-state index contributed by atoms with van der Waals surface area (Å²) in [5.74, 6) is 0.0933. The molecule has 1 aromatic carbocycles. The smallest absolute Gasteiger partial charge is 0.329 e. The third-order valence-corrected chi connectivity index (χ3v) is 2.96. The van der Waals surface area contributed by atoms with Crippen molar-refractivity contribution in [2.45, 2.75) is 6.54 Å². The quantitative estimate of drug-likeness (QED) is 0.779. The highest BCUT2D eigenvalue weighted by molar-refractivity contribution is 6.30. The molecule has 4 N–H and O–H groups in total. The number of aromatic amines is 1. The van der Waals surface area contributed by atoms with Gasteiger partial charge in [0.05, 0.1) is 0 Å². The van der Waals surface area contributed by atoms with Crippen molar-refractivity contribution in [2.75, 3.05) is 11.1 Å². The second-order valence-electron chi connectivity index (χ2n) is 4.06. The van der Waals surface area contributed by atoms with E-state index in [1.165, 1.54) is 11.6 Å². The van der Waals surface area contributed by atoms with Crippen LogP contribution in [0.15, 0.2) is 33.9 Å². The molecule has 0 aliphatic heterocycles. The number of anilines is 2. The number of halogens is 1. The summed E-state index contributed by atoms with van der Waals surface area (Å²) in [7, 11) is 1.48. The van der Waals surface area contributed by atoms with Gasteiger partial charge >= 0.3 is 5.69 Å². The molecule has 0 aliphatic rings. The molecule has 7 heteroatoms. The molecule has 0 saturated heterocycles. The zero-order valence-corrected chi connectivity index (χ0v) is 11.0. The van der Waals surface area contributed by atoms with Crippen LogP contribution in [0.2, 0.25) is 5.02 Å². The molecule has 0 saturated carbocycles. The Bertz CT molecular complexity index is 720. The number of rotatable bonds is 3. The van der Waals surface area contributed by atoms with Crippen LogP contribution in [0, 0.1) is 0 Å². The Morgan fingerprint density at radius 1 is 1.42 bits per heavy atom. The predicted octanol–water partition coefficient (Wildman–Crippen LogP) is 0.921. The van der Waals surface area contributed by atoms with Crippen LogP contribution < -0.4 is 22.3 Å². The lowest BCUT2D eigenvalue weighted by molar-refractivity contribution is 0.812. The molecule has 0 spiro atoms. The van der Waals surface area contributed by atoms with E-state index in [1.54, 1.807) is 12.1 Å². The SMILES string of the molecule is Cn1c(N)c(NCc2cccc(Cl)c2)c(=O)[nH]c1=O. The molecule has 0 amide bonds. The molecule has 2 rings (SSSR count). The minimum absolute atomic E-state index is 0.0933. The van der Waals surface area contributed by atoms with Crippen molar-refractivity contribution < 1.29 is 0 Å². The maximum absolute atomic E-state index is 11.7. The normalized spacial score (nSPS) is 10.4. The van der Waals surface area contributed by atoms with Gasteiger partial charge in [0.2, 0.25) is 0 Å². The first-order chi connectivity index (χ1) is 8.99. The number of benzene rings is 1. The van der Waals surface area contributed by atoms with Gasteiger partial charge in [-0.25, -0.2) is 4.79 Å². The maximum Gasteiger partial charge on any atom is 0.329 e. The number of hydrogen-bond acceptors (Lipinski definition) is 4. The molecule has 6 nitrogen and oxygen atoms in total. The third kappa shape index (κ3) is 2.79. The van der Waals surface area contributed by atoms with Crippen molar-refractivity contribution in [3.05, 3.63) is 55.7 Å². The molecule has 0 aliphatic carbocycles. The molecule has 19 heavy (non-hydrogen) atoms. The van der Waals surface area contributed by atoms with Crippen molar-refractivity contribution in [3.8, 4) is 0 Å². The van der Waals surface area contributed by atoms with Crippen LogP contribution in [0.25, 0.3) is 0 Å². The third-order valence-electron chi connectivity index (χ3n) is 2.73. The van der Waals surface area contributed by atoms with Gasteiger partial charge in [-0.3, -0.25) is 14.3 Å². The van der Waals surface area contributed by atoms with E-state index in [-0.39, 0.29) is 11.5 Å². The van der Waals surface area contributed by atoms with E-state index in [9.17, 15) is 9.59 Å². The second-order valence-corrected chi connectivity index (χ2v) is 4.50. The summed E-state index contributed by atoms with van der Waals surface area (Å²) in [4.78, 5) is 25.2. The van der Waals surface area contributed by atoms with E-state index in [0.29, 0.717) is 11.6 Å². The monoisotopic (exact) mass is 280 g/mol. The van der Waals surface area contributed by atoms with E-state index in [0.717, 1.165) is 5.56 Å². The topological polar surface area (TPSA) is 92.9 Å². The molecule has 100 valence electrons. The largest absolute Gasteiger partial charge is 0.383 e. The molecule has 0 atom stereocenters. The van der Waals surface area contributed by atoms with Gasteiger partial charge in [-0.15, -0.1) is 0 Å². The van der Waals surface area contributed by atoms with Crippen molar-refractivity contribution in [1.82, 2.24) is 9.55 Å². The lowest BCUT2D eigenvalue weighted by Crippen LogP contribution is -2.32. The van der Waals surface area contributed by atoms with Gasteiger partial charge < -0.3 is 11.1 Å². The average Bonchev–Trinajstić information content (AvgIpc) is 2.36. The Labute approximate surface area is 113 Å². The van der Waals surface area contributed by atoms with Gasteiger partial charge in [0.25, 0.3) is 5.56 Å². The molecular formula is C12H13ClN4O2. The summed E-state index contributed by atoms with van der Waals surface area (Å²) in [6.07, 6.45) is 0. The summed E-state index contributed by atoms with van der Waals surface area (Å²) in [6, 6.07) is 7.22. The van der Waals surface area contributed by atoms with Crippen LogP contribution in [-0.2, 0) is 13.6 Å². The minimum atomic E-state index is -0.546. The van der Waals surface area contributed by atoms with Crippen molar-refractivity contribution in [1.29, 1.82) is 0 Å². The minimum Gasteiger partial charge on any atom is -0.383 e. The zero-order chi connectivity index (χ0) is 14.0. The van der Waals surface area contributed by atoms with Crippen LogP contribution in [0.5, 0.6) is 0 Å². The molecular weight excluding hydrogens is 268 g/mol. The van der Waals surface area contributed by atoms with Gasteiger partial charge in [0.1, 0.15) is 11.5 Å². The van der Waals surface area contributed by atoms with Gasteiger partial charge in [-0.1, -0.05) is 23.7 Å². The lowest BCUT2D eigenvalue weighted by atomic mass is 10.2. The van der Waals surface area contributed by atoms with E-state index in [4.69, 9.17) is 17.3 Å². The molecule has 0 unspecified atom stereocenters. The number of nitrogens with one attached hydrogen (secondary N) is 2. The molecule has 0 fully saturated rings. The fraction of sp³-hybridized carbons (Fsp3) is 0.167. The van der Waals surface area contributed by atoms with Gasteiger partial charge in [-0.05, 0) is 17.7 Å². The number of aromatic nitrogens is 2. The number of hydrogen-bond donors (Lipinski definition) is 3. The van der Waals surface area contributed by atoms with Crippen LogP contribution >= 0.6 is 11.6 Å². The van der Waals surface area contributed by atoms with Crippen molar-refractivity contribution >= 4 is 23.1 Å². The van der Waals surface area contributed by atoms with E-state index >= 15 is 0 Å². The zero-order valence-electron chi connectivity index (χ0n) is 10.2. The van der Waals surface area contributed by atoms with Gasteiger partial charge in [-0.2, -0.15) is 0 Å². The summed E-state index contributed by atoms with van der Waals surface area (Å²) >= 11 is 5.87. The standard InChI is InChI=1S/C12H13ClN4O2/c1-17-10(14)9(11(18)16-12(17)19)15-6-7-3-2-4-8(13)5-7/h2-5,15H,6,14H2,1H3,(H,16,18,19). The summed E-state index contributed by atoms with van der Waals surface area (Å²) in [6.45, 7) is 0.381. The van der Waals surface area contributed by atoms with E-state index in [2.05, 4.69) is 10.3 Å². The number of nitrogens with two attached hydrogens (primary N) is 1. The molecule has 1 aromatic heterocycles. The highest BCUT2D eigenvalue weighted by Crippen LogP contribution is 2.14. The number of nitrogens with zero attached hydrogens (tertiary/aromatic N) is 1. The van der Waals surface area contributed by atoms with Crippen LogP contribution in [-0.4, -0.2) is 9.55 Å². The number of nitrogen functional groups attached to an aromatic ring is 1. The Morgan fingerprint density at radius 2 is 2.16 bits per heavy atom. The van der Waals surface area contributed by atoms with Gasteiger partial charge in [0, 0.05) is 18.6 Å². The first kappa shape index (κ1) is 13.2. The Kier molecular flexibility index (Phi) is 3.62. The average molecular weight is 281 g/mol. The Balaban J connectivity index is 2.28. The highest BCUT2D eigenvalue weighted by Gasteiger charge is 2.09. The number of H-pyrrole nitrogens is 1. The first-order valence-electron chi connectivity index (χ1n) is 5.56. The van der Waals surface area contributed by atoms with Crippen molar-refractivity contribution in [3.63, 3.8) is 0 Å². The summed E-state index contributed by atoms with van der Waals surface area (Å²) in [5.41, 5.74) is 5.72. The Hall–Kier alpha value is -2.21. The van der Waals surface area contributed by atoms with E-state index in [1.807, 2.05) is 12.1 Å². The predicted molar refractivity (Wildman–Crippen MR) is 75.5 cm³/mol. The fourth-order valence-corrected chi connectivity index (χ4v) is 1.86. The first-order valence-corrected chi connectivity index (χ1v) is 5.94. The van der Waals surface area contributed by atoms with Crippen LogP contribution in [0.4, 0.5) is 11.5 Å². The van der Waals surface area contributed by atoms with Crippen molar-refractivity contribution in [2.24, 2.45) is 7.05 Å². The fourth-order valence-electron chi connectivity index (χ4n) is 1.65. The molecule has 0 bridgehead atoms. The van der Waals surface area contributed by atoms with Crippen LogP contribution in [0.3, 0.4) is 0 Å². The summed E-state index contributed by atoms with van der Waals surface area (Å²) in [5, 5.41) is 3.52. The van der Waals surface area contributed by atoms with Crippen LogP contribution in [0.1, 0.15) is 5.56 Å². The van der Waals surface area contributed by atoms with Gasteiger partial charge in [0.15, 0.2) is 0 Å². The summed E-state index contributed by atoms with van der Waals surface area (Å²) < 4.78 is 1.17. The Morgan fingerprint density at radius 3 is 2.84 bits per heavy atom. The highest BCUT2D eigenvalue weighted by atomic mass is 35.5. The maximum atomic E-state index is 11.7. The second kappa shape index (κ2) is 5.19. The lowest BCUT2D eigenvalue weighted by Gasteiger charge is -2.10. The van der Waals surface area contributed by atoms with E-state index < -0.39 is 11.2 Å². The molecule has 0 radical (unpaired) electrons. The molecule has 2 aromatic rings. The molecule has 1 heterocycles.